The van der Waals surface area contributed by atoms with Gasteiger partial charge in [0, 0.05) is 31.1 Å². The van der Waals surface area contributed by atoms with Crippen LogP contribution in [0.5, 0.6) is 0 Å². The van der Waals surface area contributed by atoms with Crippen LogP contribution in [0.3, 0.4) is 0 Å². The van der Waals surface area contributed by atoms with Crippen molar-refractivity contribution in [2.75, 3.05) is 19.6 Å². The average Bonchev–Trinajstić information content (AvgIpc) is 2.33. The molecule has 1 aromatic carbocycles. The Morgan fingerprint density at radius 3 is 2.26 bits per heavy atom. The summed E-state index contributed by atoms with van der Waals surface area (Å²) in [5.74, 6) is 0. The molecule has 0 amide bonds. The Kier molecular flexibility index (Phi) is 5.53. The molecule has 0 aliphatic rings. The summed E-state index contributed by atoms with van der Waals surface area (Å²) in [6.45, 7) is 13.3. The number of nitrogens with two attached hydrogens (primary N) is 2. The van der Waals surface area contributed by atoms with Crippen molar-refractivity contribution in [3.63, 3.8) is 0 Å². The van der Waals surface area contributed by atoms with Crippen molar-refractivity contribution in [3.05, 3.63) is 34.4 Å². The molecule has 0 aliphatic heterocycles. The molecule has 0 saturated carbocycles. The van der Waals surface area contributed by atoms with Crippen LogP contribution in [0.1, 0.15) is 36.1 Å². The molecule has 108 valence electrons. The maximum atomic E-state index is 5.83. The lowest BCUT2D eigenvalue weighted by Gasteiger charge is -2.29. The molecule has 0 spiro atoms. The smallest absolute Gasteiger partial charge is 0.0290 e. The summed E-state index contributed by atoms with van der Waals surface area (Å²) in [4.78, 5) is 0. The fourth-order valence-corrected chi connectivity index (χ4v) is 2.44. The van der Waals surface area contributed by atoms with Gasteiger partial charge in [0.25, 0.3) is 0 Å². The first kappa shape index (κ1) is 16.2. The van der Waals surface area contributed by atoms with E-state index in [9.17, 15) is 0 Å². The van der Waals surface area contributed by atoms with Crippen molar-refractivity contribution < 1.29 is 0 Å². The molecule has 0 fully saturated rings. The third-order valence-electron chi connectivity index (χ3n) is 3.85. The Labute approximate surface area is 117 Å². The van der Waals surface area contributed by atoms with Gasteiger partial charge in [0.05, 0.1) is 0 Å². The number of hydrogen-bond acceptors (Lipinski definition) is 3. The zero-order valence-corrected chi connectivity index (χ0v) is 13.0. The lowest BCUT2D eigenvalue weighted by molar-refractivity contribution is 0.452. The minimum Gasteiger partial charge on any atom is -0.329 e. The Bertz CT molecular complexity index is 424. The third kappa shape index (κ3) is 4.30. The Morgan fingerprint density at radius 2 is 1.68 bits per heavy atom. The lowest BCUT2D eigenvalue weighted by Crippen LogP contribution is -2.43. The van der Waals surface area contributed by atoms with Crippen LogP contribution in [-0.2, 0) is 5.41 Å². The molecular formula is C16H29N3. The SMILES string of the molecule is Cc1cc(C)c(C(C)(C)CNCC(N)CN)cc1C. The molecule has 19 heavy (non-hydrogen) atoms. The number of rotatable bonds is 6. The normalized spacial score (nSPS) is 13.6. The third-order valence-corrected chi connectivity index (χ3v) is 3.85. The molecule has 1 rings (SSSR count). The Hall–Kier alpha value is -0.900. The van der Waals surface area contributed by atoms with Gasteiger partial charge in [0.1, 0.15) is 0 Å². The van der Waals surface area contributed by atoms with Crippen LogP contribution in [0, 0.1) is 20.8 Å². The topological polar surface area (TPSA) is 64.1 Å². The molecule has 3 nitrogen and oxygen atoms in total. The molecule has 0 saturated heterocycles. The highest BCUT2D eigenvalue weighted by atomic mass is 14.9. The summed E-state index contributed by atoms with van der Waals surface area (Å²) in [5, 5.41) is 3.43. The molecular weight excluding hydrogens is 234 g/mol. The minimum absolute atomic E-state index is 0.0386. The zero-order valence-electron chi connectivity index (χ0n) is 13.0. The van der Waals surface area contributed by atoms with Gasteiger partial charge in [-0.05, 0) is 43.0 Å². The first-order valence-corrected chi connectivity index (χ1v) is 7.02. The second-order valence-corrected chi connectivity index (χ2v) is 6.26. The molecule has 1 unspecified atom stereocenters. The van der Waals surface area contributed by atoms with Crippen molar-refractivity contribution in [1.82, 2.24) is 5.32 Å². The van der Waals surface area contributed by atoms with Crippen LogP contribution < -0.4 is 16.8 Å². The van der Waals surface area contributed by atoms with Gasteiger partial charge in [-0.1, -0.05) is 26.0 Å². The quantitative estimate of drug-likeness (QED) is 0.733. The summed E-state index contributed by atoms with van der Waals surface area (Å²) in [6.07, 6.45) is 0. The van der Waals surface area contributed by atoms with E-state index < -0.39 is 0 Å². The zero-order chi connectivity index (χ0) is 14.6. The van der Waals surface area contributed by atoms with Crippen molar-refractivity contribution in [3.8, 4) is 0 Å². The van der Waals surface area contributed by atoms with E-state index in [1.54, 1.807) is 0 Å². The van der Waals surface area contributed by atoms with Crippen molar-refractivity contribution in [2.45, 2.75) is 46.1 Å². The van der Waals surface area contributed by atoms with Gasteiger partial charge >= 0.3 is 0 Å². The molecule has 1 atom stereocenters. The average molecular weight is 263 g/mol. The summed E-state index contributed by atoms with van der Waals surface area (Å²) in [7, 11) is 0. The highest BCUT2D eigenvalue weighted by Crippen LogP contribution is 2.28. The first-order chi connectivity index (χ1) is 8.77. The van der Waals surface area contributed by atoms with Crippen molar-refractivity contribution in [1.29, 1.82) is 0 Å². The van der Waals surface area contributed by atoms with Crippen molar-refractivity contribution >= 4 is 0 Å². The van der Waals surface area contributed by atoms with E-state index in [0.717, 1.165) is 13.1 Å². The predicted octanol–water partition coefficient (Wildman–Crippen LogP) is 1.77. The second-order valence-electron chi connectivity index (χ2n) is 6.26. The molecule has 3 heteroatoms. The van der Waals surface area contributed by atoms with E-state index in [0.29, 0.717) is 6.54 Å². The van der Waals surface area contributed by atoms with Crippen LogP contribution in [-0.4, -0.2) is 25.7 Å². The Balaban J connectivity index is 2.79. The standard InChI is InChI=1S/C16H29N3/c1-11-6-13(3)15(7-12(11)2)16(4,5)10-19-9-14(18)8-17/h6-7,14,19H,8-10,17-18H2,1-5H3. The highest BCUT2D eigenvalue weighted by Gasteiger charge is 2.22. The van der Waals surface area contributed by atoms with Gasteiger partial charge < -0.3 is 16.8 Å². The first-order valence-electron chi connectivity index (χ1n) is 7.02. The lowest BCUT2D eigenvalue weighted by atomic mass is 9.80. The van der Waals surface area contributed by atoms with Crippen LogP contribution in [0.2, 0.25) is 0 Å². The molecule has 0 aliphatic carbocycles. The monoisotopic (exact) mass is 263 g/mol. The van der Waals surface area contributed by atoms with Gasteiger partial charge in [-0.15, -0.1) is 0 Å². The van der Waals surface area contributed by atoms with E-state index in [1.807, 2.05) is 0 Å². The molecule has 0 radical (unpaired) electrons. The van der Waals surface area contributed by atoms with E-state index >= 15 is 0 Å². The van der Waals surface area contributed by atoms with E-state index in [1.165, 1.54) is 22.3 Å². The maximum Gasteiger partial charge on any atom is 0.0290 e. The summed E-state index contributed by atoms with van der Waals surface area (Å²) in [5.41, 5.74) is 16.9. The summed E-state index contributed by atoms with van der Waals surface area (Å²) >= 11 is 0. The maximum absolute atomic E-state index is 5.83. The van der Waals surface area contributed by atoms with E-state index in [-0.39, 0.29) is 11.5 Å². The fraction of sp³-hybridized carbons (Fsp3) is 0.625. The Morgan fingerprint density at radius 1 is 1.11 bits per heavy atom. The van der Waals surface area contributed by atoms with Crippen LogP contribution >= 0.6 is 0 Å². The van der Waals surface area contributed by atoms with Gasteiger partial charge in [0.15, 0.2) is 0 Å². The van der Waals surface area contributed by atoms with Gasteiger partial charge in [-0.25, -0.2) is 0 Å². The minimum atomic E-state index is 0.0386. The number of nitrogens with one attached hydrogen (secondary N) is 1. The molecule has 0 heterocycles. The van der Waals surface area contributed by atoms with Crippen LogP contribution in [0.25, 0.3) is 0 Å². The largest absolute Gasteiger partial charge is 0.329 e. The molecule has 5 N–H and O–H groups in total. The van der Waals surface area contributed by atoms with E-state index in [2.05, 4.69) is 52.1 Å². The predicted molar refractivity (Wildman–Crippen MR) is 83.6 cm³/mol. The van der Waals surface area contributed by atoms with Crippen LogP contribution in [0.4, 0.5) is 0 Å². The van der Waals surface area contributed by atoms with Gasteiger partial charge in [-0.3, -0.25) is 0 Å². The van der Waals surface area contributed by atoms with Crippen molar-refractivity contribution in [2.24, 2.45) is 11.5 Å². The summed E-state index contributed by atoms with van der Waals surface area (Å²) < 4.78 is 0. The second kappa shape index (κ2) is 6.51. The molecule has 0 bridgehead atoms. The van der Waals surface area contributed by atoms with E-state index in [4.69, 9.17) is 11.5 Å². The number of aryl methyl sites for hydroxylation is 3. The van der Waals surface area contributed by atoms with Crippen LogP contribution in [0.15, 0.2) is 12.1 Å². The van der Waals surface area contributed by atoms with Gasteiger partial charge in [0.2, 0.25) is 0 Å². The summed E-state index contributed by atoms with van der Waals surface area (Å²) in [6, 6.07) is 4.63. The molecule has 0 aromatic heterocycles. The number of hydrogen-bond donors (Lipinski definition) is 3. The van der Waals surface area contributed by atoms with Gasteiger partial charge in [-0.2, -0.15) is 0 Å². The fourth-order valence-electron chi connectivity index (χ4n) is 2.44. The molecule has 1 aromatic rings. The number of benzene rings is 1. The highest BCUT2D eigenvalue weighted by molar-refractivity contribution is 5.40.